The first kappa shape index (κ1) is 20.0. The minimum atomic E-state index is -0.0793. The summed E-state index contributed by atoms with van der Waals surface area (Å²) < 4.78 is 5.15. The summed E-state index contributed by atoms with van der Waals surface area (Å²) in [5.74, 6) is 0.719. The maximum absolute atomic E-state index is 12.2. The van der Waals surface area contributed by atoms with Crippen LogP contribution in [0.2, 0.25) is 0 Å². The highest BCUT2D eigenvalue weighted by Gasteiger charge is 2.18. The van der Waals surface area contributed by atoms with Gasteiger partial charge in [-0.2, -0.15) is 5.10 Å². The molecule has 0 spiro atoms. The molecule has 28 heavy (non-hydrogen) atoms. The average molecular weight is 380 g/mol. The molecule has 148 valence electrons. The van der Waals surface area contributed by atoms with E-state index in [1.54, 1.807) is 7.11 Å². The predicted octanol–water partition coefficient (Wildman–Crippen LogP) is 2.35. The van der Waals surface area contributed by atoms with Crippen LogP contribution in [0.4, 0.5) is 0 Å². The van der Waals surface area contributed by atoms with E-state index in [0.29, 0.717) is 6.54 Å². The van der Waals surface area contributed by atoms with E-state index in [0.717, 1.165) is 49.7 Å². The van der Waals surface area contributed by atoms with Crippen LogP contribution in [0.25, 0.3) is 0 Å². The molecule has 1 amide bonds. The molecule has 1 heterocycles. The van der Waals surface area contributed by atoms with Crippen molar-refractivity contribution in [1.29, 1.82) is 0 Å². The van der Waals surface area contributed by atoms with Crippen LogP contribution < -0.4 is 10.2 Å². The summed E-state index contributed by atoms with van der Waals surface area (Å²) in [5, 5.41) is 4.23. The Morgan fingerprint density at radius 3 is 2.29 bits per heavy atom. The van der Waals surface area contributed by atoms with Crippen molar-refractivity contribution in [2.45, 2.75) is 13.5 Å². The van der Waals surface area contributed by atoms with Crippen molar-refractivity contribution < 1.29 is 9.53 Å². The molecule has 1 saturated heterocycles. The number of carbonyl (C=O) groups is 1. The van der Waals surface area contributed by atoms with E-state index in [-0.39, 0.29) is 5.91 Å². The van der Waals surface area contributed by atoms with E-state index in [1.165, 1.54) is 5.56 Å². The summed E-state index contributed by atoms with van der Waals surface area (Å²) >= 11 is 0. The van der Waals surface area contributed by atoms with Gasteiger partial charge in [0, 0.05) is 32.7 Å². The summed E-state index contributed by atoms with van der Waals surface area (Å²) in [7, 11) is 1.64. The molecular formula is C22H28N4O2. The monoisotopic (exact) mass is 380 g/mol. The lowest BCUT2D eigenvalue weighted by molar-refractivity contribution is -0.122. The molecule has 1 fully saturated rings. The van der Waals surface area contributed by atoms with Gasteiger partial charge in [-0.05, 0) is 42.3 Å². The molecule has 2 aromatic carbocycles. The van der Waals surface area contributed by atoms with Crippen LogP contribution in [0.3, 0.4) is 0 Å². The summed E-state index contributed by atoms with van der Waals surface area (Å²) in [6, 6.07) is 18.1. The molecule has 0 saturated carbocycles. The fourth-order valence-corrected chi connectivity index (χ4v) is 3.23. The number of carbonyl (C=O) groups excluding carboxylic acids is 1. The second kappa shape index (κ2) is 10.0. The standard InChI is InChI=1S/C22H28N4O2/c1-18(20-8-10-21(28-2)11-9-20)23-24-22(27)17-26-14-12-25(13-15-26)16-19-6-4-3-5-7-19/h3-11H,12-17H2,1-2H3,(H,24,27)/b23-18-. The first-order valence-corrected chi connectivity index (χ1v) is 9.60. The quantitative estimate of drug-likeness (QED) is 0.592. The van der Waals surface area contributed by atoms with Gasteiger partial charge in [0.1, 0.15) is 5.75 Å². The van der Waals surface area contributed by atoms with Crippen molar-refractivity contribution in [2.75, 3.05) is 39.8 Å². The Morgan fingerprint density at radius 2 is 1.64 bits per heavy atom. The molecule has 2 aromatic rings. The van der Waals surface area contributed by atoms with E-state index in [2.05, 4.69) is 44.6 Å². The third-order valence-electron chi connectivity index (χ3n) is 4.94. The van der Waals surface area contributed by atoms with Crippen LogP contribution in [0.15, 0.2) is 59.7 Å². The zero-order chi connectivity index (χ0) is 19.8. The zero-order valence-electron chi connectivity index (χ0n) is 16.6. The van der Waals surface area contributed by atoms with Gasteiger partial charge in [-0.1, -0.05) is 30.3 Å². The third-order valence-corrected chi connectivity index (χ3v) is 4.94. The number of ether oxygens (including phenoxy) is 1. The number of amides is 1. The molecule has 1 aliphatic rings. The largest absolute Gasteiger partial charge is 0.497 e. The Kier molecular flexibility index (Phi) is 7.17. The first-order chi connectivity index (χ1) is 13.6. The smallest absolute Gasteiger partial charge is 0.254 e. The summed E-state index contributed by atoms with van der Waals surface area (Å²) in [5.41, 5.74) is 5.72. The number of hydrazone groups is 1. The van der Waals surface area contributed by atoms with Crippen molar-refractivity contribution in [3.63, 3.8) is 0 Å². The molecule has 6 heteroatoms. The minimum Gasteiger partial charge on any atom is -0.497 e. The highest BCUT2D eigenvalue weighted by molar-refractivity contribution is 5.99. The topological polar surface area (TPSA) is 57.2 Å². The predicted molar refractivity (Wildman–Crippen MR) is 112 cm³/mol. The zero-order valence-corrected chi connectivity index (χ0v) is 16.6. The van der Waals surface area contributed by atoms with Crippen molar-refractivity contribution in [3.05, 3.63) is 65.7 Å². The van der Waals surface area contributed by atoms with Crippen molar-refractivity contribution in [2.24, 2.45) is 5.10 Å². The molecule has 0 atom stereocenters. The van der Waals surface area contributed by atoms with Gasteiger partial charge in [-0.15, -0.1) is 0 Å². The lowest BCUT2D eigenvalue weighted by Crippen LogP contribution is -2.48. The number of methoxy groups -OCH3 is 1. The molecule has 0 bridgehead atoms. The van der Waals surface area contributed by atoms with Crippen LogP contribution >= 0.6 is 0 Å². The van der Waals surface area contributed by atoms with Crippen molar-refractivity contribution >= 4 is 11.6 Å². The first-order valence-electron chi connectivity index (χ1n) is 9.60. The lowest BCUT2D eigenvalue weighted by Gasteiger charge is -2.34. The van der Waals surface area contributed by atoms with Crippen LogP contribution in [0.1, 0.15) is 18.1 Å². The van der Waals surface area contributed by atoms with Gasteiger partial charge in [-0.3, -0.25) is 14.6 Å². The van der Waals surface area contributed by atoms with E-state index in [4.69, 9.17) is 4.74 Å². The van der Waals surface area contributed by atoms with Gasteiger partial charge in [0.15, 0.2) is 0 Å². The number of hydrogen-bond acceptors (Lipinski definition) is 5. The second-order valence-corrected chi connectivity index (χ2v) is 7.00. The maximum Gasteiger partial charge on any atom is 0.254 e. The summed E-state index contributed by atoms with van der Waals surface area (Å²) in [6.45, 7) is 6.94. The van der Waals surface area contributed by atoms with Crippen molar-refractivity contribution in [1.82, 2.24) is 15.2 Å². The van der Waals surface area contributed by atoms with E-state index < -0.39 is 0 Å². The lowest BCUT2D eigenvalue weighted by atomic mass is 10.1. The molecular weight excluding hydrogens is 352 g/mol. The van der Waals surface area contributed by atoms with Gasteiger partial charge in [0.2, 0.25) is 0 Å². The number of rotatable bonds is 7. The Bertz CT molecular complexity index is 782. The van der Waals surface area contributed by atoms with Gasteiger partial charge in [-0.25, -0.2) is 5.43 Å². The van der Waals surface area contributed by atoms with E-state index in [9.17, 15) is 4.79 Å². The van der Waals surface area contributed by atoms with Crippen LogP contribution in [0.5, 0.6) is 5.75 Å². The molecule has 0 unspecified atom stereocenters. The summed E-state index contributed by atoms with van der Waals surface area (Å²) in [4.78, 5) is 16.8. The van der Waals surface area contributed by atoms with Crippen LogP contribution in [0, 0.1) is 0 Å². The molecule has 6 nitrogen and oxygen atoms in total. The number of nitrogens with zero attached hydrogens (tertiary/aromatic N) is 3. The van der Waals surface area contributed by atoms with Gasteiger partial charge in [0.25, 0.3) is 5.91 Å². The number of piperazine rings is 1. The molecule has 0 aromatic heterocycles. The summed E-state index contributed by atoms with van der Waals surface area (Å²) in [6.07, 6.45) is 0. The maximum atomic E-state index is 12.2. The third kappa shape index (κ3) is 5.90. The van der Waals surface area contributed by atoms with Crippen molar-refractivity contribution in [3.8, 4) is 5.75 Å². The number of hydrogen-bond donors (Lipinski definition) is 1. The molecule has 3 rings (SSSR count). The SMILES string of the molecule is COc1ccc(/C(C)=N\NC(=O)CN2CCN(Cc3ccccc3)CC2)cc1. The minimum absolute atomic E-state index is 0.0793. The van der Waals surface area contributed by atoms with Gasteiger partial charge >= 0.3 is 0 Å². The van der Waals surface area contributed by atoms with E-state index >= 15 is 0 Å². The average Bonchev–Trinajstić information content (AvgIpc) is 2.74. The fourth-order valence-electron chi connectivity index (χ4n) is 3.23. The normalized spacial score (nSPS) is 16.0. The fraction of sp³-hybridized carbons (Fsp3) is 0.364. The Balaban J connectivity index is 1.41. The van der Waals surface area contributed by atoms with Gasteiger partial charge < -0.3 is 4.74 Å². The highest BCUT2D eigenvalue weighted by atomic mass is 16.5. The second-order valence-electron chi connectivity index (χ2n) is 7.00. The van der Waals surface area contributed by atoms with Crippen LogP contribution in [-0.4, -0.2) is 61.3 Å². The molecule has 0 radical (unpaired) electrons. The highest BCUT2D eigenvalue weighted by Crippen LogP contribution is 2.12. The Hall–Kier alpha value is -2.70. The number of nitrogens with one attached hydrogen (secondary N) is 1. The van der Waals surface area contributed by atoms with Gasteiger partial charge in [0.05, 0.1) is 19.4 Å². The van der Waals surface area contributed by atoms with Crippen LogP contribution in [-0.2, 0) is 11.3 Å². The Morgan fingerprint density at radius 1 is 1.00 bits per heavy atom. The molecule has 0 aliphatic carbocycles. The number of benzene rings is 2. The molecule has 1 N–H and O–H groups in total. The van der Waals surface area contributed by atoms with E-state index in [1.807, 2.05) is 37.3 Å². The Labute approximate surface area is 166 Å². The molecule has 1 aliphatic heterocycles.